The third kappa shape index (κ3) is 6.72. The van der Waals surface area contributed by atoms with Crippen LogP contribution in [0.3, 0.4) is 0 Å². The molecule has 0 bridgehead atoms. The van der Waals surface area contributed by atoms with Crippen molar-refractivity contribution in [3.05, 3.63) is 114 Å². The summed E-state index contributed by atoms with van der Waals surface area (Å²) in [5, 5.41) is 15.4. The number of nitrogens with one attached hydrogen (secondary N) is 2. The van der Waals surface area contributed by atoms with Crippen LogP contribution in [0, 0.1) is 5.82 Å². The zero-order chi connectivity index (χ0) is 28.9. The second-order valence-corrected chi connectivity index (χ2v) is 10.5. The van der Waals surface area contributed by atoms with Crippen molar-refractivity contribution in [1.29, 1.82) is 0 Å². The summed E-state index contributed by atoms with van der Waals surface area (Å²) in [7, 11) is 0. The van der Waals surface area contributed by atoms with Gasteiger partial charge in [0.1, 0.15) is 11.6 Å². The van der Waals surface area contributed by atoms with Gasteiger partial charge >= 0.3 is 6.09 Å². The second kappa shape index (κ2) is 12.2. The number of amides is 2. The molecule has 3 N–H and O–H groups in total. The molecule has 0 spiro atoms. The number of halogens is 1. The monoisotopic (exact) mass is 552 g/mol. The number of anilines is 2. The van der Waals surface area contributed by atoms with Crippen molar-refractivity contribution >= 4 is 23.5 Å². The molecule has 2 heterocycles. The molecule has 1 aliphatic rings. The van der Waals surface area contributed by atoms with Gasteiger partial charge in [0.05, 0.1) is 12.2 Å². The number of carboxylic acid groups (broad SMARTS) is 1. The van der Waals surface area contributed by atoms with Gasteiger partial charge in [-0.05, 0) is 78.3 Å². The van der Waals surface area contributed by atoms with Crippen molar-refractivity contribution in [3.8, 4) is 11.1 Å². The van der Waals surface area contributed by atoms with Crippen molar-refractivity contribution < 1.29 is 19.1 Å². The van der Waals surface area contributed by atoms with Crippen LogP contribution in [-0.2, 0) is 17.6 Å². The first-order valence-electron chi connectivity index (χ1n) is 13.7. The maximum absolute atomic E-state index is 13.4. The molecule has 0 fully saturated rings. The van der Waals surface area contributed by atoms with Crippen LogP contribution >= 0.6 is 0 Å². The van der Waals surface area contributed by atoms with Gasteiger partial charge in [0.15, 0.2) is 0 Å². The maximum Gasteiger partial charge on any atom is 0.404 e. The van der Waals surface area contributed by atoms with Crippen LogP contribution < -0.4 is 15.5 Å². The van der Waals surface area contributed by atoms with Crippen LogP contribution in [-0.4, -0.2) is 34.2 Å². The maximum atomic E-state index is 13.4. The molecule has 1 aliphatic heterocycles. The number of hydrogen-bond donors (Lipinski definition) is 3. The van der Waals surface area contributed by atoms with Gasteiger partial charge in [-0.15, -0.1) is 0 Å². The summed E-state index contributed by atoms with van der Waals surface area (Å²) in [6, 6.07) is 26.7. The highest BCUT2D eigenvalue weighted by Gasteiger charge is 2.33. The number of aromatic nitrogens is 1. The Morgan fingerprint density at radius 1 is 0.976 bits per heavy atom. The molecular formula is C33H33FN4O3. The van der Waals surface area contributed by atoms with Gasteiger partial charge in [-0.3, -0.25) is 4.79 Å². The van der Waals surface area contributed by atoms with Gasteiger partial charge in [-0.1, -0.05) is 60.7 Å². The third-order valence-electron chi connectivity index (χ3n) is 7.49. The van der Waals surface area contributed by atoms with E-state index in [0.717, 1.165) is 33.5 Å². The third-order valence-corrected chi connectivity index (χ3v) is 7.49. The number of hydrogen-bond acceptors (Lipinski definition) is 4. The highest BCUT2D eigenvalue weighted by molar-refractivity contribution is 5.94. The molecule has 3 atom stereocenters. The lowest BCUT2D eigenvalue weighted by atomic mass is 9.88. The van der Waals surface area contributed by atoms with Gasteiger partial charge in [0.25, 0.3) is 0 Å². The van der Waals surface area contributed by atoms with E-state index < -0.39 is 11.9 Å². The summed E-state index contributed by atoms with van der Waals surface area (Å²) < 4.78 is 13.4. The van der Waals surface area contributed by atoms with Crippen molar-refractivity contribution in [2.75, 3.05) is 10.2 Å². The summed E-state index contributed by atoms with van der Waals surface area (Å²) >= 11 is 0. The molecule has 0 saturated heterocycles. The summed E-state index contributed by atoms with van der Waals surface area (Å²) in [5.74, 6) is 0.154. The minimum atomic E-state index is -1.04. The summed E-state index contributed by atoms with van der Waals surface area (Å²) in [4.78, 5) is 30.0. The predicted octanol–water partition coefficient (Wildman–Crippen LogP) is 6.61. The van der Waals surface area contributed by atoms with E-state index >= 15 is 0 Å². The van der Waals surface area contributed by atoms with Gasteiger partial charge in [-0.2, -0.15) is 0 Å². The van der Waals surface area contributed by atoms with Crippen molar-refractivity contribution in [2.24, 2.45) is 0 Å². The Kier molecular flexibility index (Phi) is 8.29. The molecule has 3 aromatic carbocycles. The van der Waals surface area contributed by atoms with Gasteiger partial charge < -0.3 is 20.6 Å². The number of carbonyl (C=O) groups excluding carboxylic acids is 1. The largest absolute Gasteiger partial charge is 0.465 e. The van der Waals surface area contributed by atoms with Crippen LogP contribution in [0.25, 0.3) is 11.1 Å². The lowest BCUT2D eigenvalue weighted by Crippen LogP contribution is -2.43. The van der Waals surface area contributed by atoms with E-state index in [1.165, 1.54) is 12.3 Å². The number of pyridine rings is 1. The van der Waals surface area contributed by atoms with Gasteiger partial charge in [-0.25, -0.2) is 14.2 Å². The van der Waals surface area contributed by atoms with E-state index in [2.05, 4.69) is 21.7 Å². The molecular weight excluding hydrogens is 519 g/mol. The molecule has 0 saturated carbocycles. The smallest absolute Gasteiger partial charge is 0.404 e. The predicted molar refractivity (Wildman–Crippen MR) is 158 cm³/mol. The van der Waals surface area contributed by atoms with Gasteiger partial charge in [0, 0.05) is 24.7 Å². The zero-order valence-electron chi connectivity index (χ0n) is 23.0. The van der Waals surface area contributed by atoms with E-state index in [1.807, 2.05) is 78.6 Å². The molecule has 1 unspecified atom stereocenters. The van der Waals surface area contributed by atoms with E-state index in [-0.39, 0.29) is 24.0 Å². The lowest BCUT2D eigenvalue weighted by molar-refractivity contribution is -0.117. The molecule has 0 aliphatic carbocycles. The molecule has 5 rings (SSSR count). The van der Waals surface area contributed by atoms with Gasteiger partial charge in [0.2, 0.25) is 5.91 Å². The number of nitrogens with zero attached hydrogens (tertiary/aromatic N) is 2. The van der Waals surface area contributed by atoms with Crippen LogP contribution in [0.2, 0.25) is 0 Å². The summed E-state index contributed by atoms with van der Waals surface area (Å²) in [5.41, 5.74) is 5.93. The summed E-state index contributed by atoms with van der Waals surface area (Å²) in [6.07, 6.45) is 1.99. The van der Waals surface area contributed by atoms with Crippen molar-refractivity contribution in [1.82, 2.24) is 10.3 Å². The fraction of sp³-hybridized carbons (Fsp3) is 0.242. The first-order chi connectivity index (χ1) is 19.8. The quantitative estimate of drug-likeness (QED) is 0.229. The first-order valence-corrected chi connectivity index (χ1v) is 13.7. The average Bonchev–Trinajstić information content (AvgIpc) is 2.94. The average molecular weight is 553 g/mol. The van der Waals surface area contributed by atoms with Crippen LogP contribution in [0.4, 0.5) is 20.7 Å². The zero-order valence-corrected chi connectivity index (χ0v) is 23.0. The van der Waals surface area contributed by atoms with E-state index in [0.29, 0.717) is 25.1 Å². The van der Waals surface area contributed by atoms with Crippen molar-refractivity contribution in [3.63, 3.8) is 0 Å². The fourth-order valence-corrected chi connectivity index (χ4v) is 5.67. The first kappa shape index (κ1) is 27.8. The van der Waals surface area contributed by atoms with E-state index in [1.54, 1.807) is 13.0 Å². The number of carbonyl (C=O) groups is 2. The number of fused-ring (bicyclic) bond motifs is 1. The standard InChI is InChI=1S/C33H33FN4O3/c1-21-16-30(37-32-15-13-27(34)20-35-32)29-19-26(12-14-31(29)38(21)22(2)39)25-10-8-24(9-11-25)18-28(36-33(40)41)17-23-6-4-3-5-7-23/h3-15,19-21,28,30,36H,16-18H2,1-2H3,(H,35,37)(H,40,41)/t21-,28?,30+/m0/s1. The Morgan fingerprint density at radius 3 is 2.29 bits per heavy atom. The van der Waals surface area contributed by atoms with Crippen LogP contribution in [0.15, 0.2) is 91.1 Å². The van der Waals surface area contributed by atoms with E-state index in [9.17, 15) is 19.1 Å². The normalized spacial score (nSPS) is 16.9. The number of benzene rings is 3. The molecule has 2 amide bonds. The molecule has 8 heteroatoms. The molecule has 41 heavy (non-hydrogen) atoms. The van der Waals surface area contributed by atoms with Crippen LogP contribution in [0.5, 0.6) is 0 Å². The van der Waals surface area contributed by atoms with Crippen LogP contribution in [0.1, 0.15) is 43.0 Å². The van der Waals surface area contributed by atoms with Crippen molar-refractivity contribution in [2.45, 2.75) is 51.2 Å². The van der Waals surface area contributed by atoms with E-state index in [4.69, 9.17) is 0 Å². The Hall–Kier alpha value is -4.72. The number of rotatable bonds is 8. The fourth-order valence-electron chi connectivity index (χ4n) is 5.67. The Morgan fingerprint density at radius 2 is 1.66 bits per heavy atom. The molecule has 4 aromatic rings. The molecule has 7 nitrogen and oxygen atoms in total. The highest BCUT2D eigenvalue weighted by atomic mass is 19.1. The topological polar surface area (TPSA) is 94.6 Å². The minimum absolute atomic E-state index is 0.0192. The second-order valence-electron chi connectivity index (χ2n) is 10.5. The molecule has 210 valence electrons. The SMILES string of the molecule is CC(=O)N1c2ccc(-c3ccc(CC(Cc4ccccc4)NC(=O)O)cc3)cc2[C@H](Nc2ccc(F)cn2)C[C@@H]1C. The minimum Gasteiger partial charge on any atom is -0.465 e. The Bertz CT molecular complexity index is 1510. The highest BCUT2D eigenvalue weighted by Crippen LogP contribution is 2.41. The molecule has 1 aromatic heterocycles. The molecule has 0 radical (unpaired) electrons. The Labute approximate surface area is 239 Å². The lowest BCUT2D eigenvalue weighted by Gasteiger charge is -2.39. The Balaban J connectivity index is 1.40. The summed E-state index contributed by atoms with van der Waals surface area (Å²) in [6.45, 7) is 3.60.